The van der Waals surface area contributed by atoms with E-state index in [0.29, 0.717) is 28.2 Å². The van der Waals surface area contributed by atoms with Gasteiger partial charge in [-0.25, -0.2) is 0 Å². The van der Waals surface area contributed by atoms with Gasteiger partial charge in [-0.2, -0.15) is 20.0 Å². The fraction of sp³-hybridized carbons (Fsp3) is 0.231. The summed E-state index contributed by atoms with van der Waals surface area (Å²) in [5.41, 5.74) is 2.34. The monoisotopic (exact) mass is 268 g/mol. The van der Waals surface area contributed by atoms with E-state index in [9.17, 15) is 4.79 Å². The van der Waals surface area contributed by atoms with Crippen molar-refractivity contribution in [1.29, 1.82) is 5.26 Å². The quantitative estimate of drug-likeness (QED) is 0.733. The highest BCUT2D eigenvalue weighted by atomic mass is 16.1. The Balaban J connectivity index is 2.46. The maximum atomic E-state index is 12.5. The zero-order valence-electron chi connectivity index (χ0n) is 11.0. The minimum absolute atomic E-state index is 0.00425. The zero-order valence-corrected chi connectivity index (χ0v) is 11.0. The minimum Gasteiger partial charge on any atom is -0.337 e. The van der Waals surface area contributed by atoms with Gasteiger partial charge in [0.15, 0.2) is 5.65 Å². The van der Waals surface area contributed by atoms with Crippen LogP contribution in [0, 0.1) is 11.3 Å². The van der Waals surface area contributed by atoms with Gasteiger partial charge in [0.25, 0.3) is 5.56 Å². The molecule has 100 valence electrons. The molecule has 0 bridgehead atoms. The molecule has 0 aromatic carbocycles. The summed E-state index contributed by atoms with van der Waals surface area (Å²) >= 11 is 0. The van der Waals surface area contributed by atoms with Gasteiger partial charge in [0.2, 0.25) is 0 Å². The SMILES string of the molecule is CC(C)c1c(-c2cc[nH]n2)[nH]c2c(C#N)cnn2c1=O. The van der Waals surface area contributed by atoms with Gasteiger partial charge in [0.05, 0.1) is 11.9 Å². The highest BCUT2D eigenvalue weighted by Gasteiger charge is 2.19. The third kappa shape index (κ3) is 1.62. The number of nitrogens with zero attached hydrogens (tertiary/aromatic N) is 4. The average molecular weight is 268 g/mol. The Morgan fingerprint density at radius 2 is 2.25 bits per heavy atom. The summed E-state index contributed by atoms with van der Waals surface area (Å²) in [4.78, 5) is 15.7. The highest BCUT2D eigenvalue weighted by Crippen LogP contribution is 2.24. The number of nitriles is 1. The largest absolute Gasteiger partial charge is 0.337 e. The molecule has 0 unspecified atom stereocenters. The van der Waals surface area contributed by atoms with Crippen molar-refractivity contribution in [2.45, 2.75) is 19.8 Å². The summed E-state index contributed by atoms with van der Waals surface area (Å²) in [5, 5.41) is 19.9. The smallest absolute Gasteiger partial charge is 0.278 e. The topological polar surface area (TPSA) is 103 Å². The van der Waals surface area contributed by atoms with Crippen LogP contribution < -0.4 is 5.56 Å². The summed E-state index contributed by atoms with van der Waals surface area (Å²) in [5.74, 6) is 0.00425. The van der Waals surface area contributed by atoms with Gasteiger partial charge < -0.3 is 4.98 Å². The summed E-state index contributed by atoms with van der Waals surface area (Å²) in [6, 6.07) is 3.79. The number of rotatable bonds is 2. The summed E-state index contributed by atoms with van der Waals surface area (Å²) in [6.07, 6.45) is 3.06. The minimum atomic E-state index is -0.228. The summed E-state index contributed by atoms with van der Waals surface area (Å²) in [7, 11) is 0. The van der Waals surface area contributed by atoms with Gasteiger partial charge in [-0.1, -0.05) is 13.8 Å². The molecule has 0 amide bonds. The molecule has 7 heteroatoms. The van der Waals surface area contributed by atoms with Crippen LogP contribution >= 0.6 is 0 Å². The lowest BCUT2D eigenvalue weighted by molar-refractivity contribution is 0.796. The summed E-state index contributed by atoms with van der Waals surface area (Å²) in [6.45, 7) is 3.86. The van der Waals surface area contributed by atoms with Crippen LogP contribution in [0.5, 0.6) is 0 Å². The molecule has 0 aliphatic carbocycles. The van der Waals surface area contributed by atoms with Crippen molar-refractivity contribution >= 4 is 5.65 Å². The zero-order chi connectivity index (χ0) is 14.3. The lowest BCUT2D eigenvalue weighted by Gasteiger charge is -2.11. The van der Waals surface area contributed by atoms with E-state index in [1.807, 2.05) is 19.9 Å². The van der Waals surface area contributed by atoms with E-state index in [0.717, 1.165) is 0 Å². The van der Waals surface area contributed by atoms with E-state index in [-0.39, 0.29) is 11.5 Å². The van der Waals surface area contributed by atoms with Gasteiger partial charge in [-0.05, 0) is 12.0 Å². The van der Waals surface area contributed by atoms with Gasteiger partial charge in [-0.15, -0.1) is 0 Å². The fourth-order valence-corrected chi connectivity index (χ4v) is 2.25. The molecule has 20 heavy (non-hydrogen) atoms. The molecule has 0 atom stereocenters. The van der Waals surface area contributed by atoms with E-state index in [1.165, 1.54) is 10.7 Å². The maximum absolute atomic E-state index is 12.5. The van der Waals surface area contributed by atoms with Gasteiger partial charge in [0.1, 0.15) is 17.3 Å². The molecular formula is C13H12N6O. The standard InChI is InChI=1S/C13H12N6O/c1-7(2)10-11(9-3-4-15-18-9)17-12-8(5-14)6-16-19(12)13(10)20/h3-4,6-7,17H,1-2H3,(H,15,18). The van der Waals surface area contributed by atoms with Crippen molar-refractivity contribution in [2.75, 3.05) is 0 Å². The molecular weight excluding hydrogens is 256 g/mol. The molecule has 0 fully saturated rings. The van der Waals surface area contributed by atoms with Gasteiger partial charge in [-0.3, -0.25) is 9.89 Å². The Hall–Kier alpha value is -2.88. The van der Waals surface area contributed by atoms with Crippen molar-refractivity contribution in [2.24, 2.45) is 0 Å². The van der Waals surface area contributed by atoms with E-state index >= 15 is 0 Å². The van der Waals surface area contributed by atoms with Gasteiger partial charge in [0, 0.05) is 11.8 Å². The second kappa shape index (κ2) is 4.35. The number of hydrogen-bond acceptors (Lipinski definition) is 4. The Morgan fingerprint density at radius 1 is 1.45 bits per heavy atom. The first-order valence-electron chi connectivity index (χ1n) is 6.17. The lowest BCUT2D eigenvalue weighted by atomic mass is 10.0. The number of aromatic nitrogens is 5. The third-order valence-electron chi connectivity index (χ3n) is 3.16. The Labute approximate surface area is 113 Å². The number of H-pyrrole nitrogens is 2. The van der Waals surface area contributed by atoms with Crippen molar-refractivity contribution in [3.8, 4) is 17.5 Å². The Kier molecular flexibility index (Phi) is 2.64. The van der Waals surface area contributed by atoms with Crippen LogP contribution in [0.2, 0.25) is 0 Å². The fourth-order valence-electron chi connectivity index (χ4n) is 2.25. The molecule has 3 aromatic rings. The maximum Gasteiger partial charge on any atom is 0.278 e. The molecule has 0 aliphatic heterocycles. The first-order valence-corrected chi connectivity index (χ1v) is 6.17. The van der Waals surface area contributed by atoms with Crippen LogP contribution in [0.25, 0.3) is 17.0 Å². The van der Waals surface area contributed by atoms with Crippen LogP contribution in [0.1, 0.15) is 30.9 Å². The van der Waals surface area contributed by atoms with Crippen LogP contribution in [0.3, 0.4) is 0 Å². The second-order valence-corrected chi connectivity index (χ2v) is 4.76. The molecule has 0 aliphatic rings. The summed E-state index contributed by atoms with van der Waals surface area (Å²) < 4.78 is 1.23. The average Bonchev–Trinajstić information content (AvgIpc) is 3.07. The molecule has 3 rings (SSSR count). The number of nitrogens with one attached hydrogen (secondary N) is 2. The van der Waals surface area contributed by atoms with E-state index in [1.54, 1.807) is 12.3 Å². The van der Waals surface area contributed by atoms with E-state index in [2.05, 4.69) is 20.3 Å². The molecule has 3 aromatic heterocycles. The van der Waals surface area contributed by atoms with Gasteiger partial charge >= 0.3 is 0 Å². The van der Waals surface area contributed by atoms with Crippen molar-refractivity contribution in [3.63, 3.8) is 0 Å². The molecule has 0 spiro atoms. The van der Waals surface area contributed by atoms with Crippen LogP contribution in [-0.2, 0) is 0 Å². The molecule has 0 radical (unpaired) electrons. The lowest BCUT2D eigenvalue weighted by Crippen LogP contribution is -2.22. The molecule has 2 N–H and O–H groups in total. The number of hydrogen-bond donors (Lipinski definition) is 2. The first kappa shape index (κ1) is 12.2. The van der Waals surface area contributed by atoms with E-state index < -0.39 is 0 Å². The Bertz CT molecular complexity index is 863. The number of aromatic amines is 2. The van der Waals surface area contributed by atoms with Crippen LogP contribution in [-0.4, -0.2) is 24.8 Å². The molecule has 0 saturated carbocycles. The first-order chi connectivity index (χ1) is 9.63. The van der Waals surface area contributed by atoms with Crippen LogP contribution in [0.4, 0.5) is 0 Å². The normalized spacial score (nSPS) is 11.1. The second-order valence-electron chi connectivity index (χ2n) is 4.76. The number of fused-ring (bicyclic) bond motifs is 1. The Morgan fingerprint density at radius 3 is 2.85 bits per heavy atom. The third-order valence-corrected chi connectivity index (χ3v) is 3.16. The van der Waals surface area contributed by atoms with E-state index in [4.69, 9.17) is 5.26 Å². The molecule has 7 nitrogen and oxygen atoms in total. The predicted octanol–water partition coefficient (Wildman–Crippen LogP) is 1.41. The van der Waals surface area contributed by atoms with Crippen LogP contribution in [0.15, 0.2) is 23.3 Å². The van der Waals surface area contributed by atoms with Crippen molar-refractivity contribution in [3.05, 3.63) is 39.9 Å². The molecule has 3 heterocycles. The predicted molar refractivity (Wildman–Crippen MR) is 72.2 cm³/mol. The highest BCUT2D eigenvalue weighted by molar-refractivity contribution is 5.65. The van der Waals surface area contributed by atoms with Crippen molar-refractivity contribution in [1.82, 2.24) is 24.8 Å². The van der Waals surface area contributed by atoms with Crippen molar-refractivity contribution < 1.29 is 0 Å². The molecule has 0 saturated heterocycles.